The van der Waals surface area contributed by atoms with Crippen LogP contribution >= 0.6 is 0 Å². The average molecular weight is 403 g/mol. The first-order valence-electron chi connectivity index (χ1n) is 9.72. The number of amides is 2. The van der Waals surface area contributed by atoms with E-state index in [1.54, 1.807) is 11.8 Å². The quantitative estimate of drug-likeness (QED) is 0.657. The Hall–Kier alpha value is -3.59. The second-order valence-corrected chi connectivity index (χ2v) is 7.68. The molecule has 0 fully saturated rings. The van der Waals surface area contributed by atoms with Gasteiger partial charge in [-0.05, 0) is 66.6 Å². The fourth-order valence-corrected chi connectivity index (χ4v) is 4.18. The smallest absolute Gasteiger partial charge is 0.299 e. The summed E-state index contributed by atoms with van der Waals surface area (Å²) in [6, 6.07) is 7.15. The van der Waals surface area contributed by atoms with Crippen molar-refractivity contribution in [2.75, 3.05) is 0 Å². The summed E-state index contributed by atoms with van der Waals surface area (Å²) in [7, 11) is 0. The minimum Gasteiger partial charge on any atom is -0.369 e. The maximum Gasteiger partial charge on any atom is 0.299 e. The molecule has 0 saturated carbocycles. The molecule has 6 heteroatoms. The third kappa shape index (κ3) is 3.22. The number of carbonyl (C=O) groups excluding carboxylic acids is 2. The number of halogens is 1. The molecule has 2 amide bonds. The van der Waals surface area contributed by atoms with Crippen molar-refractivity contribution in [1.29, 1.82) is 0 Å². The van der Waals surface area contributed by atoms with E-state index in [4.69, 9.17) is 5.73 Å². The Kier molecular flexibility index (Phi) is 4.83. The van der Waals surface area contributed by atoms with Crippen LogP contribution in [0.2, 0.25) is 0 Å². The lowest BCUT2D eigenvalue weighted by molar-refractivity contribution is -0.125. The van der Waals surface area contributed by atoms with Gasteiger partial charge in [-0.2, -0.15) is 0 Å². The summed E-state index contributed by atoms with van der Waals surface area (Å²) in [4.78, 5) is 28.6. The van der Waals surface area contributed by atoms with Gasteiger partial charge in [0.2, 0.25) is 5.91 Å². The molecule has 1 aliphatic heterocycles. The van der Waals surface area contributed by atoms with E-state index in [0.717, 1.165) is 38.9 Å². The lowest BCUT2D eigenvalue weighted by Crippen LogP contribution is -2.23. The van der Waals surface area contributed by atoms with Gasteiger partial charge in [-0.1, -0.05) is 18.1 Å². The largest absolute Gasteiger partial charge is 0.369 e. The molecular formula is C24H22FN3O2. The van der Waals surface area contributed by atoms with E-state index < -0.39 is 11.7 Å². The van der Waals surface area contributed by atoms with Crippen LogP contribution in [0.15, 0.2) is 24.3 Å². The van der Waals surface area contributed by atoms with Gasteiger partial charge in [-0.25, -0.2) is 4.39 Å². The number of hydrogen-bond acceptors (Lipinski definition) is 2. The van der Waals surface area contributed by atoms with Crippen molar-refractivity contribution in [3.05, 3.63) is 58.0 Å². The number of nitrogens with two attached hydrogens (primary N) is 1. The molecule has 2 aromatic carbocycles. The molecule has 0 spiro atoms. The van der Waals surface area contributed by atoms with Gasteiger partial charge in [0, 0.05) is 29.7 Å². The normalized spacial score (nSPS) is 12.6. The second kappa shape index (κ2) is 7.34. The van der Waals surface area contributed by atoms with E-state index in [-0.39, 0.29) is 12.3 Å². The van der Waals surface area contributed by atoms with Gasteiger partial charge in [-0.15, -0.1) is 0 Å². The minimum atomic E-state index is -0.508. The first-order valence-corrected chi connectivity index (χ1v) is 9.72. The van der Waals surface area contributed by atoms with Crippen LogP contribution in [0.1, 0.15) is 34.9 Å². The number of nitrogens with zero attached hydrogens (tertiary/aromatic N) is 1. The molecule has 4 rings (SSSR count). The van der Waals surface area contributed by atoms with Gasteiger partial charge in [0.15, 0.2) is 0 Å². The number of rotatable bonds is 3. The Morgan fingerprint density at radius 1 is 1.20 bits per heavy atom. The molecule has 3 N–H and O–H groups in total. The first-order chi connectivity index (χ1) is 14.3. The molecule has 0 unspecified atom stereocenters. The van der Waals surface area contributed by atoms with Gasteiger partial charge in [0.1, 0.15) is 5.82 Å². The fourth-order valence-electron chi connectivity index (χ4n) is 4.18. The van der Waals surface area contributed by atoms with Gasteiger partial charge in [0.05, 0.1) is 11.9 Å². The summed E-state index contributed by atoms with van der Waals surface area (Å²) in [6.45, 7) is 6.44. The number of hydrogen-bond donors (Lipinski definition) is 2. The monoisotopic (exact) mass is 403 g/mol. The highest BCUT2D eigenvalue weighted by molar-refractivity contribution is 6.01. The average Bonchev–Trinajstić information content (AvgIpc) is 3.24. The van der Waals surface area contributed by atoms with Crippen LogP contribution in [0.25, 0.3) is 22.0 Å². The molecule has 0 aliphatic carbocycles. The maximum atomic E-state index is 15.3. The Morgan fingerprint density at radius 2 is 1.93 bits per heavy atom. The summed E-state index contributed by atoms with van der Waals surface area (Å²) in [6.07, 6.45) is -0.0349. The van der Waals surface area contributed by atoms with E-state index in [0.29, 0.717) is 24.2 Å². The third-order valence-electron chi connectivity index (χ3n) is 5.71. The van der Waals surface area contributed by atoms with Gasteiger partial charge >= 0.3 is 0 Å². The highest BCUT2D eigenvalue weighted by Gasteiger charge is 2.25. The Balaban J connectivity index is 1.85. The fraction of sp³-hybridized carbons (Fsp3) is 0.250. The SMILES string of the molecule is CC#CC(=O)N1Cc2ccc(-c3c(F)cc(CC(N)=O)c4[nH]c(C)c(C)c34)cc2C1. The number of benzene rings is 2. The molecule has 5 nitrogen and oxygen atoms in total. The summed E-state index contributed by atoms with van der Waals surface area (Å²) >= 11 is 0. The molecule has 0 radical (unpaired) electrons. The van der Waals surface area contributed by atoms with Crippen LogP contribution in [-0.4, -0.2) is 21.7 Å². The predicted molar refractivity (Wildman–Crippen MR) is 114 cm³/mol. The van der Waals surface area contributed by atoms with Crippen LogP contribution in [0.5, 0.6) is 0 Å². The lowest BCUT2D eigenvalue weighted by Gasteiger charge is -2.12. The summed E-state index contributed by atoms with van der Waals surface area (Å²) in [5.74, 6) is 4.09. The predicted octanol–water partition coefficient (Wildman–Crippen LogP) is 3.48. The van der Waals surface area contributed by atoms with Crippen LogP contribution in [0.3, 0.4) is 0 Å². The first kappa shape index (κ1) is 19.7. The minimum absolute atomic E-state index is 0.0349. The molecule has 2 heterocycles. The van der Waals surface area contributed by atoms with E-state index >= 15 is 4.39 Å². The number of aryl methyl sites for hydroxylation is 2. The standard InChI is InChI=1S/C24H22FN3O2/c1-4-5-21(30)28-11-16-7-6-15(8-18(16)12-28)23-19(25)9-17(10-20(26)29)24-22(23)13(2)14(3)27-24/h6-9,27H,10-12H2,1-3H3,(H2,26,29). The van der Waals surface area contributed by atoms with Crippen molar-refractivity contribution in [2.24, 2.45) is 5.73 Å². The number of H-pyrrole nitrogens is 1. The molecular weight excluding hydrogens is 381 g/mol. The number of nitrogens with one attached hydrogen (secondary N) is 1. The highest BCUT2D eigenvalue weighted by Crippen LogP contribution is 2.38. The maximum absolute atomic E-state index is 15.3. The molecule has 30 heavy (non-hydrogen) atoms. The molecule has 1 aromatic heterocycles. The molecule has 0 saturated heterocycles. The van der Waals surface area contributed by atoms with Crippen molar-refractivity contribution in [3.63, 3.8) is 0 Å². The van der Waals surface area contributed by atoms with Crippen LogP contribution in [0, 0.1) is 31.5 Å². The van der Waals surface area contributed by atoms with Crippen LogP contribution in [-0.2, 0) is 29.1 Å². The molecule has 3 aromatic rings. The zero-order valence-electron chi connectivity index (χ0n) is 17.1. The van der Waals surface area contributed by atoms with Crippen LogP contribution in [0.4, 0.5) is 4.39 Å². The number of fused-ring (bicyclic) bond motifs is 2. The Labute approximate surface area is 174 Å². The lowest BCUT2D eigenvalue weighted by atomic mass is 9.93. The van der Waals surface area contributed by atoms with Crippen LogP contribution < -0.4 is 5.73 Å². The Morgan fingerprint density at radius 3 is 2.63 bits per heavy atom. The number of aromatic nitrogens is 1. The van der Waals surface area contributed by atoms with Crippen molar-refractivity contribution in [3.8, 4) is 23.0 Å². The summed E-state index contributed by atoms with van der Waals surface area (Å²) in [5, 5.41) is 0.756. The Bertz CT molecular complexity index is 1280. The topological polar surface area (TPSA) is 79.2 Å². The van der Waals surface area contributed by atoms with E-state index in [1.807, 2.05) is 32.0 Å². The van der Waals surface area contributed by atoms with Crippen molar-refractivity contribution in [1.82, 2.24) is 9.88 Å². The zero-order chi connectivity index (χ0) is 21.6. The number of carbonyl (C=O) groups is 2. The molecule has 152 valence electrons. The molecule has 0 atom stereocenters. The summed E-state index contributed by atoms with van der Waals surface area (Å²) in [5.41, 5.74) is 11.7. The highest BCUT2D eigenvalue weighted by atomic mass is 19.1. The number of primary amides is 1. The number of aromatic amines is 1. The molecule has 0 bridgehead atoms. The van der Waals surface area contributed by atoms with E-state index in [9.17, 15) is 9.59 Å². The third-order valence-corrected chi connectivity index (χ3v) is 5.71. The molecule has 1 aliphatic rings. The zero-order valence-corrected chi connectivity index (χ0v) is 17.1. The second-order valence-electron chi connectivity index (χ2n) is 7.68. The van der Waals surface area contributed by atoms with Gasteiger partial charge in [-0.3, -0.25) is 9.59 Å². The summed E-state index contributed by atoms with van der Waals surface area (Å²) < 4.78 is 15.3. The van der Waals surface area contributed by atoms with Crippen molar-refractivity contribution in [2.45, 2.75) is 40.3 Å². The van der Waals surface area contributed by atoms with E-state index in [1.165, 1.54) is 6.07 Å². The van der Waals surface area contributed by atoms with Gasteiger partial charge < -0.3 is 15.6 Å². The van der Waals surface area contributed by atoms with E-state index in [2.05, 4.69) is 16.8 Å². The van der Waals surface area contributed by atoms with Gasteiger partial charge in [0.25, 0.3) is 5.91 Å². The van der Waals surface area contributed by atoms with Crippen molar-refractivity contribution >= 4 is 22.7 Å². The van der Waals surface area contributed by atoms with Crippen molar-refractivity contribution < 1.29 is 14.0 Å².